The minimum absolute atomic E-state index is 0.0392. The normalized spacial score (nSPS) is 14.8. The lowest BCUT2D eigenvalue weighted by atomic mass is 10.1. The molecule has 2 aromatic rings. The van der Waals surface area contributed by atoms with Crippen molar-refractivity contribution in [2.45, 2.75) is 45.2 Å². The number of nitrogens with one attached hydrogen (secondary N) is 2. The van der Waals surface area contributed by atoms with E-state index in [0.29, 0.717) is 13.0 Å². The van der Waals surface area contributed by atoms with Crippen LogP contribution in [-0.4, -0.2) is 29.6 Å². The molecule has 1 aliphatic rings. The van der Waals surface area contributed by atoms with Gasteiger partial charge < -0.3 is 20.6 Å². The lowest BCUT2D eigenvalue weighted by Crippen LogP contribution is -2.40. The fourth-order valence-electron chi connectivity index (χ4n) is 3.29. The highest BCUT2D eigenvalue weighted by molar-refractivity contribution is 5.95. The SMILES string of the molecule is C[C@@H](CCc1ccc(O)cc1)NC(=O)NCc1ccc(N2CCCC2=O)cc1. The number of rotatable bonds is 7. The Morgan fingerprint density at radius 1 is 1.11 bits per heavy atom. The van der Waals surface area contributed by atoms with Crippen LogP contribution in [0.3, 0.4) is 0 Å². The van der Waals surface area contributed by atoms with E-state index in [2.05, 4.69) is 10.6 Å². The van der Waals surface area contributed by atoms with Crippen LogP contribution in [0.2, 0.25) is 0 Å². The molecule has 0 spiro atoms. The van der Waals surface area contributed by atoms with E-state index >= 15 is 0 Å². The Bertz CT molecular complexity index is 803. The molecule has 2 aromatic carbocycles. The van der Waals surface area contributed by atoms with Gasteiger partial charge in [0.25, 0.3) is 0 Å². The molecular formula is C22H27N3O3. The first-order chi connectivity index (χ1) is 13.5. The van der Waals surface area contributed by atoms with Crippen LogP contribution in [-0.2, 0) is 17.8 Å². The quantitative estimate of drug-likeness (QED) is 0.688. The molecule has 148 valence electrons. The van der Waals surface area contributed by atoms with Crippen LogP contribution in [0.1, 0.15) is 37.3 Å². The summed E-state index contributed by atoms with van der Waals surface area (Å²) in [5, 5.41) is 15.1. The third kappa shape index (κ3) is 5.49. The molecule has 0 aromatic heterocycles. The first kappa shape index (κ1) is 19.7. The number of hydrogen-bond acceptors (Lipinski definition) is 3. The third-order valence-corrected chi connectivity index (χ3v) is 4.95. The van der Waals surface area contributed by atoms with Crippen molar-refractivity contribution in [3.05, 3.63) is 59.7 Å². The van der Waals surface area contributed by atoms with Gasteiger partial charge >= 0.3 is 6.03 Å². The maximum Gasteiger partial charge on any atom is 0.315 e. The van der Waals surface area contributed by atoms with E-state index in [-0.39, 0.29) is 23.7 Å². The van der Waals surface area contributed by atoms with E-state index in [4.69, 9.17) is 0 Å². The molecule has 1 atom stereocenters. The molecule has 6 nitrogen and oxygen atoms in total. The zero-order chi connectivity index (χ0) is 19.9. The second-order valence-corrected chi connectivity index (χ2v) is 7.25. The Kier molecular flexibility index (Phi) is 6.53. The van der Waals surface area contributed by atoms with E-state index in [1.54, 1.807) is 17.0 Å². The van der Waals surface area contributed by atoms with Crippen molar-refractivity contribution in [3.63, 3.8) is 0 Å². The number of anilines is 1. The molecule has 0 bridgehead atoms. The number of benzene rings is 2. The van der Waals surface area contributed by atoms with Gasteiger partial charge in [-0.15, -0.1) is 0 Å². The summed E-state index contributed by atoms with van der Waals surface area (Å²) in [5.74, 6) is 0.431. The lowest BCUT2D eigenvalue weighted by molar-refractivity contribution is -0.117. The van der Waals surface area contributed by atoms with Crippen LogP contribution < -0.4 is 15.5 Å². The first-order valence-electron chi connectivity index (χ1n) is 9.73. The summed E-state index contributed by atoms with van der Waals surface area (Å²) in [7, 11) is 0. The van der Waals surface area contributed by atoms with Crippen molar-refractivity contribution in [3.8, 4) is 5.75 Å². The summed E-state index contributed by atoms with van der Waals surface area (Å²) in [6.07, 6.45) is 3.18. The predicted octanol–water partition coefficient (Wildman–Crippen LogP) is 3.34. The number of aryl methyl sites for hydroxylation is 1. The van der Waals surface area contributed by atoms with Crippen LogP contribution >= 0.6 is 0 Å². The molecule has 0 aliphatic carbocycles. The molecule has 3 amide bonds. The summed E-state index contributed by atoms with van der Waals surface area (Å²) in [5.41, 5.74) is 3.03. The highest BCUT2D eigenvalue weighted by Gasteiger charge is 2.21. The Hall–Kier alpha value is -3.02. The molecule has 1 saturated heterocycles. The fourth-order valence-corrected chi connectivity index (χ4v) is 3.29. The zero-order valence-corrected chi connectivity index (χ0v) is 16.1. The minimum atomic E-state index is -0.197. The monoisotopic (exact) mass is 381 g/mol. The molecular weight excluding hydrogens is 354 g/mol. The van der Waals surface area contributed by atoms with Gasteiger partial charge in [-0.1, -0.05) is 24.3 Å². The van der Waals surface area contributed by atoms with E-state index < -0.39 is 0 Å². The first-order valence-corrected chi connectivity index (χ1v) is 9.73. The predicted molar refractivity (Wildman–Crippen MR) is 109 cm³/mol. The Labute approximate surface area is 165 Å². The standard InChI is InChI=1S/C22H27N3O3/c1-16(4-5-17-8-12-20(26)13-9-17)24-22(28)23-15-18-6-10-19(11-7-18)25-14-2-3-21(25)27/h6-13,16,26H,2-5,14-15H2,1H3,(H2,23,24,28)/t16-/m0/s1. The summed E-state index contributed by atoms with van der Waals surface area (Å²) < 4.78 is 0. The van der Waals surface area contributed by atoms with Gasteiger partial charge in [0.15, 0.2) is 0 Å². The molecule has 0 radical (unpaired) electrons. The number of amides is 3. The van der Waals surface area contributed by atoms with E-state index in [1.807, 2.05) is 43.3 Å². The summed E-state index contributed by atoms with van der Waals surface area (Å²) in [4.78, 5) is 25.7. The molecule has 3 N–H and O–H groups in total. The van der Waals surface area contributed by atoms with Crippen LogP contribution in [0.5, 0.6) is 5.75 Å². The van der Waals surface area contributed by atoms with Gasteiger partial charge in [-0.25, -0.2) is 4.79 Å². The number of urea groups is 1. The maximum absolute atomic E-state index is 12.1. The second-order valence-electron chi connectivity index (χ2n) is 7.25. The van der Waals surface area contributed by atoms with Crippen molar-refractivity contribution in [1.29, 1.82) is 0 Å². The lowest BCUT2D eigenvalue weighted by Gasteiger charge is -2.17. The number of hydrogen-bond donors (Lipinski definition) is 3. The smallest absolute Gasteiger partial charge is 0.315 e. The average Bonchev–Trinajstić information content (AvgIpc) is 3.12. The van der Waals surface area contributed by atoms with Crippen molar-refractivity contribution in [2.24, 2.45) is 0 Å². The number of carbonyl (C=O) groups excluding carboxylic acids is 2. The number of aromatic hydroxyl groups is 1. The maximum atomic E-state index is 12.1. The van der Waals surface area contributed by atoms with Crippen LogP contribution in [0.25, 0.3) is 0 Å². The molecule has 1 heterocycles. The Balaban J connectivity index is 1.39. The Morgan fingerprint density at radius 2 is 1.79 bits per heavy atom. The summed E-state index contributed by atoms with van der Waals surface area (Å²) >= 11 is 0. The largest absolute Gasteiger partial charge is 0.508 e. The van der Waals surface area contributed by atoms with Crippen molar-refractivity contribution in [2.75, 3.05) is 11.4 Å². The fraction of sp³-hybridized carbons (Fsp3) is 0.364. The van der Waals surface area contributed by atoms with E-state index in [9.17, 15) is 14.7 Å². The number of phenolic OH excluding ortho intramolecular Hbond substituents is 1. The van der Waals surface area contributed by atoms with Crippen molar-refractivity contribution >= 4 is 17.6 Å². The van der Waals surface area contributed by atoms with Crippen molar-refractivity contribution in [1.82, 2.24) is 10.6 Å². The third-order valence-electron chi connectivity index (χ3n) is 4.95. The van der Waals surface area contributed by atoms with Gasteiger partial charge in [0.05, 0.1) is 0 Å². The Morgan fingerprint density at radius 3 is 2.43 bits per heavy atom. The van der Waals surface area contributed by atoms with Gasteiger partial charge in [-0.2, -0.15) is 0 Å². The molecule has 0 saturated carbocycles. The van der Waals surface area contributed by atoms with Crippen LogP contribution in [0.4, 0.5) is 10.5 Å². The highest BCUT2D eigenvalue weighted by Crippen LogP contribution is 2.21. The van der Waals surface area contributed by atoms with E-state index in [1.165, 1.54) is 0 Å². The van der Waals surface area contributed by atoms with Crippen LogP contribution in [0, 0.1) is 0 Å². The molecule has 1 fully saturated rings. The number of phenols is 1. The second kappa shape index (κ2) is 9.26. The highest BCUT2D eigenvalue weighted by atomic mass is 16.3. The minimum Gasteiger partial charge on any atom is -0.508 e. The van der Waals surface area contributed by atoms with Crippen molar-refractivity contribution < 1.29 is 14.7 Å². The van der Waals surface area contributed by atoms with Gasteiger partial charge in [0.2, 0.25) is 5.91 Å². The molecule has 3 rings (SSSR count). The summed E-state index contributed by atoms with van der Waals surface area (Å²) in [6.45, 7) is 3.19. The van der Waals surface area contributed by atoms with Gasteiger partial charge in [0.1, 0.15) is 5.75 Å². The molecule has 1 aliphatic heterocycles. The summed E-state index contributed by atoms with van der Waals surface area (Å²) in [6, 6.07) is 14.7. The number of nitrogens with zero attached hydrogens (tertiary/aromatic N) is 1. The molecule has 28 heavy (non-hydrogen) atoms. The van der Waals surface area contributed by atoms with E-state index in [0.717, 1.165) is 42.6 Å². The van der Waals surface area contributed by atoms with Gasteiger partial charge in [-0.3, -0.25) is 4.79 Å². The molecule has 0 unspecified atom stereocenters. The number of carbonyl (C=O) groups is 2. The average molecular weight is 381 g/mol. The van der Waals surface area contributed by atoms with Gasteiger partial charge in [-0.05, 0) is 61.6 Å². The van der Waals surface area contributed by atoms with Gasteiger partial charge in [0, 0.05) is 31.2 Å². The topological polar surface area (TPSA) is 81.7 Å². The van der Waals surface area contributed by atoms with Crippen LogP contribution in [0.15, 0.2) is 48.5 Å². The molecule has 6 heteroatoms. The zero-order valence-electron chi connectivity index (χ0n) is 16.1.